The van der Waals surface area contributed by atoms with E-state index in [0.717, 1.165) is 54.0 Å². The number of hydrogen-bond donors (Lipinski definition) is 1. The van der Waals surface area contributed by atoms with Crippen molar-refractivity contribution >= 4 is 22.4 Å². The van der Waals surface area contributed by atoms with Crippen molar-refractivity contribution in [2.24, 2.45) is 0 Å². The van der Waals surface area contributed by atoms with Crippen LogP contribution in [0.1, 0.15) is 17.4 Å². The van der Waals surface area contributed by atoms with E-state index in [2.05, 4.69) is 45.4 Å². The lowest BCUT2D eigenvalue weighted by Gasteiger charge is -2.39. The normalized spacial score (nSPS) is 15.2. The maximum absolute atomic E-state index is 12.9. The van der Waals surface area contributed by atoms with Crippen molar-refractivity contribution in [1.29, 1.82) is 0 Å². The second kappa shape index (κ2) is 10.7. The van der Waals surface area contributed by atoms with Crippen molar-refractivity contribution in [2.75, 3.05) is 44.7 Å². The first-order chi connectivity index (χ1) is 17.2. The molecule has 0 spiro atoms. The van der Waals surface area contributed by atoms with Gasteiger partial charge in [-0.1, -0.05) is 42.5 Å². The quantitative estimate of drug-likeness (QED) is 0.407. The van der Waals surface area contributed by atoms with Crippen molar-refractivity contribution in [1.82, 2.24) is 10.2 Å². The lowest BCUT2D eigenvalue weighted by Crippen LogP contribution is -2.50. The first kappa shape index (κ1) is 23.0. The summed E-state index contributed by atoms with van der Waals surface area (Å²) in [6, 6.07) is 26.4. The van der Waals surface area contributed by atoms with Gasteiger partial charge in [-0.25, -0.2) is 0 Å². The number of amides is 1. The zero-order chi connectivity index (χ0) is 24.0. The van der Waals surface area contributed by atoms with E-state index in [0.29, 0.717) is 13.0 Å². The Hall–Kier alpha value is -3.77. The second-order valence-corrected chi connectivity index (χ2v) is 8.87. The van der Waals surface area contributed by atoms with E-state index >= 15 is 0 Å². The summed E-state index contributed by atoms with van der Waals surface area (Å²) in [6.07, 6.45) is 2.06. The summed E-state index contributed by atoms with van der Waals surface area (Å²) in [6.45, 7) is 4.10. The topological polar surface area (TPSA) is 58.0 Å². The maximum Gasteiger partial charge on any atom is 0.224 e. The summed E-state index contributed by atoms with van der Waals surface area (Å²) in [5.74, 6) is 1.77. The molecule has 3 aromatic carbocycles. The van der Waals surface area contributed by atoms with Crippen molar-refractivity contribution < 1.29 is 13.9 Å². The number of anilines is 1. The third-order valence-corrected chi connectivity index (χ3v) is 6.79. The van der Waals surface area contributed by atoms with E-state index in [-0.39, 0.29) is 11.9 Å². The molecule has 4 aromatic rings. The number of furan rings is 1. The predicted molar refractivity (Wildman–Crippen MR) is 139 cm³/mol. The molecule has 0 bridgehead atoms. The minimum Gasteiger partial charge on any atom is -0.497 e. The number of methoxy groups -OCH3 is 1. The summed E-state index contributed by atoms with van der Waals surface area (Å²) in [5.41, 5.74) is 2.24. The molecule has 2 heterocycles. The Kier molecular flexibility index (Phi) is 7.00. The van der Waals surface area contributed by atoms with Gasteiger partial charge in [-0.05, 0) is 52.7 Å². The zero-order valence-corrected chi connectivity index (χ0v) is 20.0. The molecule has 0 aliphatic carbocycles. The lowest BCUT2D eigenvalue weighted by molar-refractivity contribution is -0.120. The Morgan fingerprint density at radius 2 is 1.71 bits per heavy atom. The number of nitrogens with one attached hydrogen (secondary N) is 1. The number of carbonyl (C=O) groups excluding carboxylic acids is 1. The molecule has 1 amide bonds. The number of ether oxygens (including phenoxy) is 1. The van der Waals surface area contributed by atoms with E-state index in [9.17, 15) is 4.79 Å². The summed E-state index contributed by atoms with van der Waals surface area (Å²) in [5, 5.41) is 5.45. The molecular formula is C29H31N3O3. The number of piperazine rings is 1. The third-order valence-electron chi connectivity index (χ3n) is 6.79. The van der Waals surface area contributed by atoms with Crippen LogP contribution in [-0.4, -0.2) is 50.6 Å². The van der Waals surface area contributed by atoms with Crippen LogP contribution >= 0.6 is 0 Å². The van der Waals surface area contributed by atoms with Crippen molar-refractivity contribution in [3.8, 4) is 5.75 Å². The number of rotatable bonds is 8. The van der Waals surface area contributed by atoms with E-state index in [1.807, 2.05) is 48.5 Å². The molecule has 1 unspecified atom stereocenters. The SMILES string of the molecule is COc1ccc(N2CCN(C(CNC(=O)Cc3cccc4ccccc34)c3ccco3)CC2)cc1. The Balaban J connectivity index is 1.22. The summed E-state index contributed by atoms with van der Waals surface area (Å²) < 4.78 is 11.1. The molecule has 0 radical (unpaired) electrons. The molecule has 5 rings (SSSR count). The van der Waals surface area contributed by atoms with Gasteiger partial charge in [0.25, 0.3) is 0 Å². The zero-order valence-electron chi connectivity index (χ0n) is 20.0. The molecule has 1 atom stereocenters. The number of fused-ring (bicyclic) bond motifs is 1. The molecule has 6 heteroatoms. The predicted octanol–water partition coefficient (Wildman–Crippen LogP) is 4.66. The average molecular weight is 470 g/mol. The first-order valence-corrected chi connectivity index (χ1v) is 12.1. The molecule has 1 aromatic heterocycles. The first-order valence-electron chi connectivity index (χ1n) is 12.1. The van der Waals surface area contributed by atoms with Crippen LogP contribution in [0, 0.1) is 0 Å². The van der Waals surface area contributed by atoms with Gasteiger partial charge < -0.3 is 19.4 Å². The Bertz CT molecular complexity index is 1240. The number of carbonyl (C=O) groups is 1. The Morgan fingerprint density at radius 3 is 2.46 bits per heavy atom. The van der Waals surface area contributed by atoms with Gasteiger partial charge in [0, 0.05) is 38.4 Å². The summed E-state index contributed by atoms with van der Waals surface area (Å²) >= 11 is 0. The van der Waals surface area contributed by atoms with Gasteiger partial charge >= 0.3 is 0 Å². The molecule has 1 N–H and O–H groups in total. The van der Waals surface area contributed by atoms with Crippen molar-refractivity contribution in [2.45, 2.75) is 12.5 Å². The van der Waals surface area contributed by atoms with Crippen LogP contribution in [0.4, 0.5) is 5.69 Å². The highest BCUT2D eigenvalue weighted by Gasteiger charge is 2.27. The minimum absolute atomic E-state index is 0.000477. The van der Waals surface area contributed by atoms with E-state index in [1.54, 1.807) is 13.4 Å². The van der Waals surface area contributed by atoms with Gasteiger partial charge in [-0.2, -0.15) is 0 Å². The van der Waals surface area contributed by atoms with Crippen molar-refractivity contribution in [3.05, 3.63) is 96.4 Å². The van der Waals surface area contributed by atoms with Gasteiger partial charge in [0.1, 0.15) is 11.5 Å². The summed E-state index contributed by atoms with van der Waals surface area (Å²) in [7, 11) is 1.68. The molecule has 1 aliphatic heterocycles. The molecule has 1 fully saturated rings. The van der Waals surface area contributed by atoms with Crippen LogP contribution < -0.4 is 15.0 Å². The van der Waals surface area contributed by atoms with Gasteiger partial charge in [-0.3, -0.25) is 9.69 Å². The van der Waals surface area contributed by atoms with E-state index in [4.69, 9.17) is 9.15 Å². The van der Waals surface area contributed by atoms with Crippen LogP contribution in [0.3, 0.4) is 0 Å². The Labute approximate surface area is 206 Å². The van der Waals surface area contributed by atoms with Crippen LogP contribution in [0.5, 0.6) is 5.75 Å². The van der Waals surface area contributed by atoms with Crippen LogP contribution in [-0.2, 0) is 11.2 Å². The largest absolute Gasteiger partial charge is 0.497 e. The van der Waals surface area contributed by atoms with Crippen molar-refractivity contribution in [3.63, 3.8) is 0 Å². The minimum atomic E-state index is -0.000477. The van der Waals surface area contributed by atoms with E-state index in [1.165, 1.54) is 5.69 Å². The fraction of sp³-hybridized carbons (Fsp3) is 0.276. The van der Waals surface area contributed by atoms with Crippen LogP contribution in [0.15, 0.2) is 89.5 Å². The Morgan fingerprint density at radius 1 is 0.943 bits per heavy atom. The molecule has 35 heavy (non-hydrogen) atoms. The molecule has 0 saturated carbocycles. The maximum atomic E-state index is 12.9. The second-order valence-electron chi connectivity index (χ2n) is 8.87. The fourth-order valence-electron chi connectivity index (χ4n) is 4.87. The molecular weight excluding hydrogens is 438 g/mol. The fourth-order valence-corrected chi connectivity index (χ4v) is 4.87. The highest BCUT2D eigenvalue weighted by Crippen LogP contribution is 2.26. The molecule has 6 nitrogen and oxygen atoms in total. The van der Waals surface area contributed by atoms with Gasteiger partial charge in [-0.15, -0.1) is 0 Å². The number of nitrogens with zero attached hydrogens (tertiary/aromatic N) is 2. The van der Waals surface area contributed by atoms with Gasteiger partial charge in [0.05, 0.1) is 25.8 Å². The molecule has 1 aliphatic rings. The highest BCUT2D eigenvalue weighted by molar-refractivity contribution is 5.90. The average Bonchev–Trinajstić information content (AvgIpc) is 3.44. The molecule has 180 valence electrons. The number of hydrogen-bond acceptors (Lipinski definition) is 5. The summed E-state index contributed by atoms with van der Waals surface area (Å²) in [4.78, 5) is 17.7. The van der Waals surface area contributed by atoms with Gasteiger partial charge in [0.2, 0.25) is 5.91 Å². The van der Waals surface area contributed by atoms with Gasteiger partial charge in [0.15, 0.2) is 0 Å². The smallest absolute Gasteiger partial charge is 0.224 e. The van der Waals surface area contributed by atoms with Crippen LogP contribution in [0.2, 0.25) is 0 Å². The number of benzene rings is 3. The molecule has 1 saturated heterocycles. The third kappa shape index (κ3) is 5.33. The van der Waals surface area contributed by atoms with Crippen LogP contribution in [0.25, 0.3) is 10.8 Å². The van der Waals surface area contributed by atoms with E-state index < -0.39 is 0 Å². The monoisotopic (exact) mass is 469 g/mol. The lowest BCUT2D eigenvalue weighted by atomic mass is 10.0. The highest BCUT2D eigenvalue weighted by atomic mass is 16.5. The standard InChI is InChI=1S/C29H31N3O3/c1-34-25-13-11-24(12-14-25)31-15-17-32(18-16-31)27(28-10-5-19-35-28)21-30-29(33)20-23-8-4-7-22-6-2-3-9-26(22)23/h2-14,19,27H,15-18,20-21H2,1H3,(H,30,33).